The highest BCUT2D eigenvalue weighted by Crippen LogP contribution is 2.59. The Labute approximate surface area is 404 Å². The Kier molecular flexibility index (Phi) is 18.9. The summed E-state index contributed by atoms with van der Waals surface area (Å²) in [4.78, 5) is 107. The van der Waals surface area contributed by atoms with Gasteiger partial charge in [-0.05, 0) is 94.1 Å². The Morgan fingerprint density at radius 2 is 1.26 bits per heavy atom. The van der Waals surface area contributed by atoms with E-state index in [4.69, 9.17) is 32.5 Å². The van der Waals surface area contributed by atoms with Crippen LogP contribution in [-0.2, 0) is 66.7 Å². The number of amides is 2. The van der Waals surface area contributed by atoms with Crippen molar-refractivity contribution >= 4 is 77.7 Å². The van der Waals surface area contributed by atoms with E-state index in [2.05, 4.69) is 4.99 Å². The van der Waals surface area contributed by atoms with E-state index in [1.165, 1.54) is 79.7 Å². The van der Waals surface area contributed by atoms with Gasteiger partial charge in [0.05, 0.1) is 34.6 Å². The Morgan fingerprint density at radius 1 is 0.800 bits per heavy atom. The lowest BCUT2D eigenvalue weighted by atomic mass is 9.73. The maximum atomic E-state index is 15.1. The molecule has 24 nitrogen and oxygen atoms in total. The van der Waals surface area contributed by atoms with Crippen LogP contribution in [0.2, 0.25) is 0 Å². The third-order valence-electron chi connectivity index (χ3n) is 10.8. The zero-order valence-electron chi connectivity index (χ0n) is 38.5. The van der Waals surface area contributed by atoms with Crippen molar-refractivity contribution in [1.82, 2.24) is 9.80 Å². The molecule has 70 heavy (non-hydrogen) atoms. The molecule has 2 saturated heterocycles. The number of carbonyl (C=O) groups excluding carboxylic acids is 5. The summed E-state index contributed by atoms with van der Waals surface area (Å²) in [7, 11) is -4.07. The molecule has 4 atom stereocenters. The van der Waals surface area contributed by atoms with Gasteiger partial charge in [0.15, 0.2) is 0 Å². The molecule has 374 valence electrons. The molecule has 0 radical (unpaired) electrons. The molecule has 2 heterocycles. The largest absolute Gasteiger partial charge is 0.508 e. The number of benzene rings is 3. The monoisotopic (exact) mass is 1010 g/mol. The molecule has 0 aromatic heterocycles. The second-order valence-electron chi connectivity index (χ2n) is 15.1. The minimum atomic E-state index is -4.07. The highest BCUT2D eigenvalue weighted by molar-refractivity contribution is 8.00. The fourth-order valence-electron chi connectivity index (χ4n) is 7.29. The van der Waals surface area contributed by atoms with Crippen molar-refractivity contribution in [2.24, 2.45) is 10.4 Å². The Balaban J connectivity index is 1.49. The van der Waals surface area contributed by atoms with Crippen molar-refractivity contribution < 1.29 is 71.3 Å². The summed E-state index contributed by atoms with van der Waals surface area (Å²) >= 11 is 1.11. The summed E-state index contributed by atoms with van der Waals surface area (Å²) in [5, 5.41) is 31.7. The number of hydrogen-bond acceptors (Lipinski definition) is 19. The smallest absolute Gasteiger partial charge is 0.456 e. The molecule has 26 heteroatoms. The molecule has 0 bridgehead atoms. The second kappa shape index (κ2) is 24.5. The molecule has 0 saturated carbocycles. The molecular formula is C44H49N6O18PS. The van der Waals surface area contributed by atoms with E-state index in [-0.39, 0.29) is 62.5 Å². The van der Waals surface area contributed by atoms with Gasteiger partial charge in [0.25, 0.3) is 24.6 Å². The number of likely N-dealkylation sites (tertiary alicyclic amines) is 2. The highest BCUT2D eigenvalue weighted by atomic mass is 32.2. The van der Waals surface area contributed by atoms with Gasteiger partial charge in [-0.1, -0.05) is 0 Å². The number of nitro benzene ring substituents is 3. The van der Waals surface area contributed by atoms with Gasteiger partial charge in [0.1, 0.15) is 48.5 Å². The van der Waals surface area contributed by atoms with Crippen LogP contribution in [0.15, 0.2) is 83.9 Å². The van der Waals surface area contributed by atoms with E-state index in [1.807, 2.05) is 0 Å². The molecule has 3 aromatic rings. The van der Waals surface area contributed by atoms with Crippen LogP contribution >= 0.6 is 19.3 Å². The lowest BCUT2D eigenvalue weighted by Gasteiger charge is -2.56. The van der Waals surface area contributed by atoms with Crippen LogP contribution in [0, 0.1) is 35.8 Å². The lowest BCUT2D eigenvalue weighted by Crippen LogP contribution is -2.74. The first-order valence-electron chi connectivity index (χ1n) is 21.5. The number of thioether (sulfide) groups is 1. The zero-order valence-corrected chi connectivity index (χ0v) is 40.2. The number of esters is 1. The summed E-state index contributed by atoms with van der Waals surface area (Å²) in [5.74, 6) is -0.144. The van der Waals surface area contributed by atoms with Crippen molar-refractivity contribution in [1.29, 1.82) is 0 Å². The van der Waals surface area contributed by atoms with Gasteiger partial charge in [0.2, 0.25) is 11.3 Å². The summed E-state index contributed by atoms with van der Waals surface area (Å²) < 4.78 is 40.4. The van der Waals surface area contributed by atoms with E-state index in [1.54, 1.807) is 38.5 Å². The van der Waals surface area contributed by atoms with Crippen molar-refractivity contribution in [2.75, 3.05) is 32.9 Å². The predicted molar refractivity (Wildman–Crippen MR) is 251 cm³/mol. The average Bonchev–Trinajstić information content (AvgIpc) is 3.82. The molecule has 0 spiro atoms. The number of aliphatic imine (C=N–C) groups is 1. The van der Waals surface area contributed by atoms with Crippen LogP contribution in [-0.4, -0.2) is 116 Å². The van der Waals surface area contributed by atoms with Crippen LogP contribution in [0.25, 0.3) is 0 Å². The maximum absolute atomic E-state index is 15.1. The number of nitrogens with zero attached hydrogens (tertiary/aromatic N) is 6. The number of carbonyl (C=O) groups is 4. The van der Waals surface area contributed by atoms with Crippen LogP contribution in [0.3, 0.4) is 0 Å². The normalized spacial score (nSPS) is 18.2. The summed E-state index contributed by atoms with van der Waals surface area (Å²) in [6.45, 7) is 7.00. The zero-order chi connectivity index (χ0) is 51.2. The van der Waals surface area contributed by atoms with E-state index in [0.29, 0.717) is 29.7 Å². The number of hydrogen-bond donors (Lipinski definition) is 0. The Hall–Kier alpha value is -7.01. The first kappa shape index (κ1) is 53.9. The van der Waals surface area contributed by atoms with Gasteiger partial charge >= 0.3 is 18.2 Å². The van der Waals surface area contributed by atoms with E-state index in [9.17, 15) is 49.5 Å². The molecule has 2 fully saturated rings. The minimum Gasteiger partial charge on any atom is -0.456 e. The Bertz CT molecular complexity index is 2550. The standard InChI is InChI=1S/C44H49N6O18PS/c1-6-65-69(66-7-2,67-8-3)38(39(52)62-26-31-9-15-34(16-10-31)48(56)57)47-40(53)44(22-24-51,29(4)68-43(55)64-28-33-13-19-36(20-14-33)50(60)61)41(47)70-37-21-23-46(25-37)30(5)45-42(54)63-27-32-11-17-35(18-12-32)49(58)59/h9-20,22,29,37,41H,6-8,21,23,25-28H2,1-5H3. The average molecular weight is 1010 g/mol. The van der Waals surface area contributed by atoms with Crippen molar-refractivity contribution in [3.05, 3.63) is 126 Å². The van der Waals surface area contributed by atoms with E-state index >= 15 is 4.79 Å². The van der Waals surface area contributed by atoms with Crippen LogP contribution in [0.5, 0.6) is 0 Å². The molecule has 2 aliphatic rings. The van der Waals surface area contributed by atoms with Gasteiger partial charge in [-0.25, -0.2) is 19.2 Å². The second-order valence-corrected chi connectivity index (χ2v) is 18.7. The maximum Gasteiger partial charge on any atom is 0.508 e. The third-order valence-corrected chi connectivity index (χ3v) is 15.1. The lowest BCUT2D eigenvalue weighted by molar-refractivity contribution is -0.385. The van der Waals surface area contributed by atoms with Gasteiger partial charge in [0, 0.05) is 60.8 Å². The van der Waals surface area contributed by atoms with Crippen molar-refractivity contribution in [3.8, 4) is 0 Å². The van der Waals surface area contributed by atoms with E-state index < -0.39 is 80.6 Å². The van der Waals surface area contributed by atoms with E-state index in [0.717, 1.165) is 22.7 Å². The summed E-state index contributed by atoms with van der Waals surface area (Å²) in [5.41, 5.74) is -1.87. The minimum absolute atomic E-state index is 0.0846. The first-order chi connectivity index (χ1) is 33.4. The molecule has 2 aliphatic heterocycles. The Morgan fingerprint density at radius 3 is 1.70 bits per heavy atom. The number of non-ortho nitro benzene ring substituents is 3. The number of amidine groups is 1. The third kappa shape index (κ3) is 12.8. The molecule has 3 aromatic carbocycles. The van der Waals surface area contributed by atoms with Gasteiger partial charge < -0.3 is 37.4 Å². The quantitative estimate of drug-likeness (QED) is 0.0110. The van der Waals surface area contributed by atoms with Crippen LogP contribution in [0.4, 0.5) is 26.7 Å². The topological polar surface area (TPSA) is 298 Å². The molecule has 5 rings (SSSR count). The fraction of sp³-hybridized carbons (Fsp3) is 0.409. The van der Waals surface area contributed by atoms with Gasteiger partial charge in [-0.2, -0.15) is 4.99 Å². The molecule has 4 unspecified atom stereocenters. The predicted octanol–water partition coefficient (Wildman–Crippen LogP) is 7.30. The number of nitro groups is 3. The van der Waals surface area contributed by atoms with Gasteiger partial charge in [-0.3, -0.25) is 40.0 Å². The molecule has 0 aliphatic carbocycles. The number of ether oxygens (including phenoxy) is 4. The fourth-order valence-corrected chi connectivity index (χ4v) is 11.5. The van der Waals surface area contributed by atoms with Crippen LogP contribution < -0.4 is 0 Å². The molecule has 0 N–H and O–H groups in total. The number of rotatable bonds is 22. The van der Waals surface area contributed by atoms with Crippen LogP contribution in [0.1, 0.15) is 57.7 Å². The molecule has 2 amide bonds. The summed E-state index contributed by atoms with van der Waals surface area (Å²) in [6.07, 6.45) is -2.42. The SMILES string of the molecule is CCOP(OCC)(OCC)=C(C(=O)OCc1ccc([N+](=O)[O-])cc1)N1C(=O)C(C=C=O)(C(C)OC(=O)OCc2ccc([N+](=O)[O-])cc2)C1SC1CCN(C(C)=NC(=O)OCc2ccc([N+](=O)[O-])cc2)C1. The first-order valence-corrected chi connectivity index (χ1v) is 24.0. The number of β-lactam (4-membered cyclic amide) rings is 1. The highest BCUT2D eigenvalue weighted by Gasteiger charge is 2.68. The van der Waals surface area contributed by atoms with Crippen molar-refractivity contribution in [3.63, 3.8) is 0 Å². The van der Waals surface area contributed by atoms with Crippen molar-refractivity contribution in [2.45, 2.75) is 77.6 Å². The van der Waals surface area contributed by atoms with Gasteiger partial charge in [-0.15, -0.1) is 11.8 Å². The summed E-state index contributed by atoms with van der Waals surface area (Å²) in [6, 6.07) is 15.8. The molecular weight excluding hydrogens is 964 g/mol.